The lowest BCUT2D eigenvalue weighted by Crippen LogP contribution is -2.39. The molecule has 0 saturated heterocycles. The number of ether oxygens (including phenoxy) is 1. The molecule has 1 atom stereocenters. The first-order valence-corrected chi connectivity index (χ1v) is 10.8. The molecule has 0 aliphatic carbocycles. The molecule has 1 aromatic heterocycles. The molecule has 156 valence electrons. The zero-order chi connectivity index (χ0) is 22.0. The molecule has 0 radical (unpaired) electrons. The Hall–Kier alpha value is -3.22. The number of fused-ring (bicyclic) bond motifs is 1. The van der Waals surface area contributed by atoms with Gasteiger partial charge >= 0.3 is 5.97 Å². The Morgan fingerprint density at radius 1 is 1.26 bits per heavy atom. The Morgan fingerprint density at radius 2 is 2.03 bits per heavy atom. The molecule has 2 heterocycles. The number of carbonyl (C=O) groups excluding carboxylic acids is 1. The molecule has 3 aromatic rings. The summed E-state index contributed by atoms with van der Waals surface area (Å²) in [5.41, 5.74) is 2.26. The predicted molar refractivity (Wildman–Crippen MR) is 123 cm³/mol. The van der Waals surface area contributed by atoms with Crippen molar-refractivity contribution in [3.63, 3.8) is 0 Å². The van der Waals surface area contributed by atoms with E-state index in [2.05, 4.69) is 11.6 Å². The van der Waals surface area contributed by atoms with Crippen LogP contribution in [-0.4, -0.2) is 17.1 Å². The standard InChI is InChI=1S/C24H19ClN2O3S/c1-3-12-30-23(29)20-15(2)26-24-27(21(20)17-9-5-4-6-10-17)22(28)19(31-24)14-16-8-7-11-18(25)13-16/h3-11,13-14,21H,1,12H2,2H3/b19-14-. The van der Waals surface area contributed by atoms with Crippen molar-refractivity contribution in [2.75, 3.05) is 6.61 Å². The van der Waals surface area contributed by atoms with E-state index >= 15 is 0 Å². The largest absolute Gasteiger partial charge is 0.458 e. The van der Waals surface area contributed by atoms with Crippen molar-refractivity contribution in [2.24, 2.45) is 4.99 Å². The highest BCUT2D eigenvalue weighted by Gasteiger charge is 2.33. The fraction of sp³-hybridized carbons (Fsp3) is 0.125. The Labute approximate surface area is 187 Å². The van der Waals surface area contributed by atoms with E-state index < -0.39 is 12.0 Å². The van der Waals surface area contributed by atoms with Gasteiger partial charge in [0.1, 0.15) is 6.61 Å². The number of carbonyl (C=O) groups is 1. The second-order valence-corrected chi connectivity index (χ2v) is 8.38. The van der Waals surface area contributed by atoms with Gasteiger partial charge in [0.2, 0.25) is 0 Å². The average molecular weight is 451 g/mol. The molecule has 4 rings (SSSR count). The molecule has 1 unspecified atom stereocenters. The molecule has 0 saturated carbocycles. The normalized spacial score (nSPS) is 15.9. The lowest BCUT2D eigenvalue weighted by molar-refractivity contribution is -0.138. The van der Waals surface area contributed by atoms with Crippen LogP contribution in [0.15, 0.2) is 88.3 Å². The van der Waals surface area contributed by atoms with Gasteiger partial charge in [-0.1, -0.05) is 78.1 Å². The second kappa shape index (κ2) is 8.88. The smallest absolute Gasteiger partial charge is 0.338 e. The predicted octanol–water partition coefficient (Wildman–Crippen LogP) is 3.62. The van der Waals surface area contributed by atoms with Crippen LogP contribution in [-0.2, 0) is 9.53 Å². The zero-order valence-electron chi connectivity index (χ0n) is 16.7. The van der Waals surface area contributed by atoms with Crippen LogP contribution in [0.1, 0.15) is 24.1 Å². The van der Waals surface area contributed by atoms with Gasteiger partial charge in [-0.3, -0.25) is 9.36 Å². The maximum absolute atomic E-state index is 13.4. The molecule has 0 bridgehead atoms. The molecule has 0 amide bonds. The zero-order valence-corrected chi connectivity index (χ0v) is 18.3. The maximum atomic E-state index is 13.4. The van der Waals surface area contributed by atoms with Gasteiger partial charge in [0.25, 0.3) is 5.56 Å². The third kappa shape index (κ3) is 4.17. The minimum atomic E-state index is -0.628. The highest BCUT2D eigenvalue weighted by Crippen LogP contribution is 2.30. The minimum Gasteiger partial charge on any atom is -0.458 e. The molecule has 7 heteroatoms. The summed E-state index contributed by atoms with van der Waals surface area (Å²) in [5.74, 6) is -0.515. The highest BCUT2D eigenvalue weighted by atomic mass is 35.5. The third-order valence-corrected chi connectivity index (χ3v) is 6.05. The van der Waals surface area contributed by atoms with Crippen molar-refractivity contribution in [3.8, 4) is 0 Å². The number of allylic oxidation sites excluding steroid dienone is 1. The van der Waals surface area contributed by atoms with Crippen molar-refractivity contribution in [3.05, 3.63) is 114 Å². The Bertz CT molecular complexity index is 1370. The number of halogens is 1. The lowest BCUT2D eigenvalue weighted by atomic mass is 9.96. The van der Waals surface area contributed by atoms with Crippen molar-refractivity contribution in [1.29, 1.82) is 0 Å². The first-order chi connectivity index (χ1) is 15.0. The molecular formula is C24H19ClN2O3S. The molecule has 0 N–H and O–H groups in total. The van der Waals surface area contributed by atoms with Crippen LogP contribution in [0.25, 0.3) is 6.08 Å². The topological polar surface area (TPSA) is 60.7 Å². The van der Waals surface area contributed by atoms with Crippen LogP contribution in [0.3, 0.4) is 0 Å². The van der Waals surface area contributed by atoms with E-state index in [1.807, 2.05) is 42.5 Å². The molecular weight excluding hydrogens is 432 g/mol. The van der Waals surface area contributed by atoms with Crippen molar-refractivity contribution in [1.82, 2.24) is 4.57 Å². The quantitative estimate of drug-likeness (QED) is 0.440. The number of benzene rings is 2. The number of rotatable bonds is 5. The Morgan fingerprint density at radius 3 is 2.74 bits per heavy atom. The molecule has 1 aliphatic heterocycles. The van der Waals surface area contributed by atoms with Gasteiger partial charge in [-0.2, -0.15) is 0 Å². The van der Waals surface area contributed by atoms with Gasteiger partial charge in [0, 0.05) is 5.02 Å². The number of esters is 1. The third-order valence-electron chi connectivity index (χ3n) is 4.84. The monoisotopic (exact) mass is 450 g/mol. The van der Waals surface area contributed by atoms with E-state index in [0.717, 1.165) is 11.1 Å². The van der Waals surface area contributed by atoms with Gasteiger partial charge in [-0.15, -0.1) is 0 Å². The average Bonchev–Trinajstić information content (AvgIpc) is 3.06. The first-order valence-electron chi connectivity index (χ1n) is 9.60. The van der Waals surface area contributed by atoms with Gasteiger partial charge in [0.15, 0.2) is 4.80 Å². The van der Waals surface area contributed by atoms with Crippen molar-refractivity contribution < 1.29 is 9.53 Å². The van der Waals surface area contributed by atoms with Crippen LogP contribution in [0, 0.1) is 0 Å². The number of nitrogens with zero attached hydrogens (tertiary/aromatic N) is 2. The van der Waals surface area contributed by atoms with Crippen LogP contribution >= 0.6 is 22.9 Å². The number of aromatic nitrogens is 1. The van der Waals surface area contributed by atoms with Gasteiger partial charge < -0.3 is 4.74 Å². The van der Waals surface area contributed by atoms with Crippen LogP contribution in [0.2, 0.25) is 5.02 Å². The molecule has 5 nitrogen and oxygen atoms in total. The first kappa shape index (κ1) is 21.0. The minimum absolute atomic E-state index is 0.0797. The van der Waals surface area contributed by atoms with E-state index in [0.29, 0.717) is 25.6 Å². The molecule has 2 aromatic carbocycles. The number of hydrogen-bond acceptors (Lipinski definition) is 5. The molecule has 0 fully saturated rings. The summed E-state index contributed by atoms with van der Waals surface area (Å²) in [7, 11) is 0. The van der Waals surface area contributed by atoms with E-state index in [4.69, 9.17) is 16.3 Å². The summed E-state index contributed by atoms with van der Waals surface area (Å²) in [4.78, 5) is 31.4. The number of hydrogen-bond donors (Lipinski definition) is 0. The van der Waals surface area contributed by atoms with Gasteiger partial charge in [0.05, 0.1) is 21.8 Å². The van der Waals surface area contributed by atoms with E-state index in [-0.39, 0.29) is 12.2 Å². The van der Waals surface area contributed by atoms with Crippen LogP contribution < -0.4 is 14.9 Å². The summed E-state index contributed by atoms with van der Waals surface area (Å²) >= 11 is 7.37. The summed E-state index contributed by atoms with van der Waals surface area (Å²) in [6, 6.07) is 16.1. The second-order valence-electron chi connectivity index (χ2n) is 6.93. The van der Waals surface area contributed by atoms with Crippen molar-refractivity contribution in [2.45, 2.75) is 13.0 Å². The fourth-order valence-electron chi connectivity index (χ4n) is 3.49. The molecule has 31 heavy (non-hydrogen) atoms. The summed E-state index contributed by atoms with van der Waals surface area (Å²) in [6.45, 7) is 5.43. The van der Waals surface area contributed by atoms with E-state index in [9.17, 15) is 9.59 Å². The molecule has 0 spiro atoms. The van der Waals surface area contributed by atoms with Crippen molar-refractivity contribution >= 4 is 35.0 Å². The summed E-state index contributed by atoms with van der Waals surface area (Å²) < 4.78 is 7.39. The Balaban J connectivity index is 1.93. The van der Waals surface area contributed by atoms with Crippen LogP contribution in [0.4, 0.5) is 0 Å². The Kier molecular flexibility index (Phi) is 6.02. The summed E-state index contributed by atoms with van der Waals surface area (Å²) in [6.07, 6.45) is 3.29. The van der Waals surface area contributed by atoms with Crippen LogP contribution in [0.5, 0.6) is 0 Å². The SMILES string of the molecule is C=CCOC(=O)C1=C(C)N=c2s/c(=C\c3cccc(Cl)c3)c(=O)n2C1c1ccccc1. The van der Waals surface area contributed by atoms with E-state index in [1.54, 1.807) is 29.7 Å². The molecule has 1 aliphatic rings. The van der Waals surface area contributed by atoms with E-state index in [1.165, 1.54) is 17.4 Å². The lowest BCUT2D eigenvalue weighted by Gasteiger charge is -2.24. The summed E-state index contributed by atoms with van der Waals surface area (Å²) in [5, 5.41) is 0.590. The van der Waals surface area contributed by atoms with Gasteiger partial charge in [-0.05, 0) is 36.3 Å². The van der Waals surface area contributed by atoms with Gasteiger partial charge in [-0.25, -0.2) is 9.79 Å². The fourth-order valence-corrected chi connectivity index (χ4v) is 4.74. The maximum Gasteiger partial charge on any atom is 0.338 e. The highest BCUT2D eigenvalue weighted by molar-refractivity contribution is 7.07. The number of thiazole rings is 1.